The van der Waals surface area contributed by atoms with Crippen molar-refractivity contribution in [2.24, 2.45) is 0 Å². The number of para-hydroxylation sites is 2. The molecule has 0 saturated carbocycles. The number of nitrogens with two attached hydrogens (primary N) is 1. The van der Waals surface area contributed by atoms with E-state index < -0.39 is 4.92 Å². The van der Waals surface area contributed by atoms with Gasteiger partial charge in [0.25, 0.3) is 35.0 Å². The highest BCUT2D eigenvalue weighted by molar-refractivity contribution is 6.45. The smallest absolute Gasteiger partial charge is 0.279 e. The van der Waals surface area contributed by atoms with E-state index in [-0.39, 0.29) is 74.4 Å². The van der Waals surface area contributed by atoms with Crippen LogP contribution in [0.2, 0.25) is 0 Å². The van der Waals surface area contributed by atoms with Crippen molar-refractivity contribution >= 4 is 220 Å². The molecule has 2 aliphatic rings. The molecule has 22 aromatic carbocycles. The van der Waals surface area contributed by atoms with Gasteiger partial charge in [-0.3, -0.25) is 39.4 Å². The van der Waals surface area contributed by atoms with Crippen LogP contribution in [0.25, 0.3) is 173 Å². The summed E-state index contributed by atoms with van der Waals surface area (Å²) >= 11 is 0. The van der Waals surface area contributed by atoms with Crippen molar-refractivity contribution in [3.8, 4) is 22.3 Å². The lowest BCUT2D eigenvalue weighted by atomic mass is 9.83. The predicted octanol–water partition coefficient (Wildman–Crippen LogP) is 32.2. The number of nitrogen functional groups attached to an aromatic ring is 1. The van der Waals surface area contributed by atoms with Gasteiger partial charge in [-0.05, 0) is 269 Å². The lowest BCUT2D eigenvalue weighted by Gasteiger charge is -2.32. The van der Waals surface area contributed by atoms with E-state index in [4.69, 9.17) is 5.73 Å². The van der Waals surface area contributed by atoms with Gasteiger partial charge in [-0.1, -0.05) is 303 Å². The third kappa shape index (κ3) is 12.0. The molecule has 2 aliphatic heterocycles. The van der Waals surface area contributed by atoms with Crippen LogP contribution in [0.5, 0.6) is 0 Å². The van der Waals surface area contributed by atoms with Crippen LogP contribution in [0, 0.1) is 20.2 Å². The first-order valence-electron chi connectivity index (χ1n) is 46.3. The number of benzene rings is 22. The van der Waals surface area contributed by atoms with Gasteiger partial charge in [-0.15, -0.1) is 0 Å². The second-order valence-corrected chi connectivity index (χ2v) is 40.1. The minimum atomic E-state index is -0.403. The predicted molar refractivity (Wildman–Crippen MR) is 555 cm³/mol. The molecule has 0 saturated heterocycles. The minimum Gasteiger partial charge on any atom is -0.399 e. The van der Waals surface area contributed by atoms with Gasteiger partial charge in [0.05, 0.1) is 49.4 Å². The summed E-state index contributed by atoms with van der Waals surface area (Å²) in [5.74, 6) is -0.936. The molecule has 134 heavy (non-hydrogen) atoms. The number of hydrogen-bond donors (Lipinski definition) is 1. The number of nitrogens with zero attached hydrogens (tertiary/aromatic N) is 5. The second kappa shape index (κ2) is 29.6. The summed E-state index contributed by atoms with van der Waals surface area (Å²) < 4.78 is 0. The number of hydrogen-bond acceptors (Lipinski definition) is 10. The Morgan fingerprint density at radius 3 is 0.910 bits per heavy atom. The molecule has 24 rings (SSSR count). The van der Waals surface area contributed by atoms with Gasteiger partial charge in [0.1, 0.15) is 0 Å². The third-order valence-corrected chi connectivity index (χ3v) is 29.0. The topological polar surface area (TPSA) is 190 Å². The molecule has 0 atom stereocenters. The third-order valence-electron chi connectivity index (χ3n) is 29.0. The second-order valence-electron chi connectivity index (χ2n) is 40.1. The van der Waals surface area contributed by atoms with E-state index in [1.807, 2.05) is 133 Å². The zero-order valence-electron chi connectivity index (χ0n) is 76.9. The molecule has 0 fully saturated rings. The number of carbonyl (C=O) groups excluding carboxylic acids is 4. The highest BCUT2D eigenvalue weighted by atomic mass is 16.6. The van der Waals surface area contributed by atoms with Crippen molar-refractivity contribution in [1.29, 1.82) is 0 Å². The SMILES string of the molecule is CC(C)c1cccc(C(C)C)c1N1C(=O)c2ccc3c4cccc5c(-c6ccc(N(c7ccc8ccc9cc(C(C)(C)C)cc%10ccc7c8c9%10)c7ccc8ccc9cc(C(C)(C)C)cc%10ccc7c8c9%10)cc6[N+](=O)[O-])ccc(c6ccc(c2c36)C1=O)c54.CC(C)c1cccc(C(C)C)c1N1C(=O)c2ccc3c4cccc5c(-c6ccc(N)cc6[N+](=O)[O-])ccc(c6ccc(c2c36)C1=O)c54. The van der Waals surface area contributed by atoms with E-state index >= 15 is 9.59 Å². The van der Waals surface area contributed by atoms with Crippen molar-refractivity contribution < 1.29 is 29.0 Å². The Morgan fingerprint density at radius 2 is 0.560 bits per heavy atom. The van der Waals surface area contributed by atoms with Crippen LogP contribution in [-0.4, -0.2) is 33.5 Å². The van der Waals surface area contributed by atoms with Gasteiger partial charge in [0.2, 0.25) is 0 Å². The molecule has 0 aromatic heterocycles. The first kappa shape index (κ1) is 82.6. The molecule has 14 nitrogen and oxygen atoms in total. The lowest BCUT2D eigenvalue weighted by molar-refractivity contribution is -0.384. The number of amides is 4. The van der Waals surface area contributed by atoms with Crippen molar-refractivity contribution in [2.75, 3.05) is 20.4 Å². The number of imide groups is 2. The summed E-state index contributed by atoms with van der Waals surface area (Å²) in [6.07, 6.45) is 0. The molecule has 22 aromatic rings. The molecule has 0 spiro atoms. The Kier molecular flexibility index (Phi) is 18.2. The van der Waals surface area contributed by atoms with E-state index in [1.54, 1.807) is 18.2 Å². The van der Waals surface area contributed by atoms with Gasteiger partial charge in [0.15, 0.2) is 0 Å². The monoisotopic (exact) mass is 1750 g/mol. The fraction of sp³-hybridized carbons (Fsp3) is 0.167. The van der Waals surface area contributed by atoms with Crippen molar-refractivity contribution in [3.05, 3.63) is 355 Å². The summed E-state index contributed by atoms with van der Waals surface area (Å²) in [5, 5.41) is 54.0. The van der Waals surface area contributed by atoms with Crippen LogP contribution >= 0.6 is 0 Å². The maximum Gasteiger partial charge on any atom is 0.279 e. The zero-order valence-corrected chi connectivity index (χ0v) is 76.9. The van der Waals surface area contributed by atoms with Crippen molar-refractivity contribution in [3.63, 3.8) is 0 Å². The molecule has 0 radical (unpaired) electrons. The summed E-state index contributed by atoms with van der Waals surface area (Å²) in [6, 6.07) is 94.2. The van der Waals surface area contributed by atoms with E-state index in [9.17, 15) is 29.8 Å². The average Bonchev–Trinajstić information content (AvgIpc) is 0.704. The van der Waals surface area contributed by atoms with E-state index in [1.165, 1.54) is 59.3 Å². The first-order chi connectivity index (χ1) is 64.3. The summed E-state index contributed by atoms with van der Waals surface area (Å²) in [4.78, 5) is 89.5. The van der Waals surface area contributed by atoms with Crippen LogP contribution < -0.4 is 20.4 Å². The first-order valence-corrected chi connectivity index (χ1v) is 46.3. The van der Waals surface area contributed by atoms with E-state index in [2.05, 4.69) is 223 Å². The van der Waals surface area contributed by atoms with Gasteiger partial charge in [-0.25, -0.2) is 9.80 Å². The van der Waals surface area contributed by atoms with Crippen LogP contribution in [0.1, 0.15) is 195 Å². The van der Waals surface area contributed by atoms with E-state index in [0.717, 1.165) is 152 Å². The molecule has 0 aliphatic carbocycles. The van der Waals surface area contributed by atoms with Crippen molar-refractivity contribution in [1.82, 2.24) is 0 Å². The van der Waals surface area contributed by atoms with Gasteiger partial charge < -0.3 is 10.6 Å². The number of anilines is 6. The van der Waals surface area contributed by atoms with E-state index in [0.29, 0.717) is 66.9 Å². The Labute approximate surface area is 773 Å². The fourth-order valence-electron chi connectivity index (χ4n) is 22.6. The van der Waals surface area contributed by atoms with Crippen LogP contribution in [0.3, 0.4) is 0 Å². The number of nitro groups is 2. The summed E-state index contributed by atoms with van der Waals surface area (Å²) in [6.45, 7) is 30.3. The molecule has 0 unspecified atom stereocenters. The molecule has 0 bridgehead atoms. The number of carbonyl (C=O) groups is 4. The highest BCUT2D eigenvalue weighted by Gasteiger charge is 2.42. The van der Waals surface area contributed by atoms with Crippen LogP contribution in [-0.2, 0) is 10.8 Å². The number of rotatable bonds is 13. The Morgan fingerprint density at radius 1 is 0.276 bits per heavy atom. The number of nitro benzene ring substituents is 2. The highest BCUT2D eigenvalue weighted by Crippen LogP contribution is 2.56. The largest absolute Gasteiger partial charge is 0.399 e. The normalized spacial score (nSPS) is 13.4. The Bertz CT molecular complexity index is 8600. The average molecular weight is 1750 g/mol. The van der Waals surface area contributed by atoms with Crippen molar-refractivity contribution in [2.45, 2.75) is 131 Å². The quantitative estimate of drug-likeness (QED) is 0.0290. The Balaban J connectivity index is 0.000000181. The van der Waals surface area contributed by atoms with Gasteiger partial charge in [0, 0.05) is 61.6 Å². The van der Waals surface area contributed by atoms with Crippen LogP contribution in [0.4, 0.5) is 45.5 Å². The molecular weight excluding hydrogens is 1650 g/mol. The molecule has 2 N–H and O–H groups in total. The number of fused-ring (bicyclic) bond motifs is 4. The summed E-state index contributed by atoms with van der Waals surface area (Å²) in [5.41, 5.74) is 20.8. The minimum absolute atomic E-state index is 0.0194. The standard InChI is InChI=1S/C80H63N3O4.C40H31N3O4/c1-42(2)53-13-11-14-54(43(3)4)76(53)82-77(84)64-33-31-60-58-16-12-15-57-55(29-30-59(73(57)58)61-32-34-65(78(82)85)75(64)74(60)61)56-28-25-52(41-68(56)83(86)87)81(66-35-23-44-17-19-46-37-50(79(5,6)7)39-48-21-26-62(66)71(44)69(46)48)67-36-24-45-18-20-47-38-51(80(8,9)10)40-49-22-27-63(67)72(45)70(47)49;1-20(2)23-7-5-8-24(21(3)4)38(23)42-39(44)32-17-15-30-28-10-6-9-27-25(26-12-11-22(41)19-34(26)43(46)47)13-14-29(35(27)28)31-16-18-33(40(42)45)37(32)36(30)31/h11-43H,1-10H3;5-21H,41H2,1-4H3. The van der Waals surface area contributed by atoms with Crippen LogP contribution in [0.15, 0.2) is 279 Å². The maximum atomic E-state index is 15.0. The molecule has 2 heterocycles. The molecule has 14 heteroatoms. The molecular formula is C120H94N6O8. The maximum absolute atomic E-state index is 15.0. The fourth-order valence-corrected chi connectivity index (χ4v) is 22.6. The molecule has 4 amide bonds. The zero-order chi connectivity index (χ0) is 92.9. The van der Waals surface area contributed by atoms with Gasteiger partial charge in [-0.2, -0.15) is 0 Å². The summed E-state index contributed by atoms with van der Waals surface area (Å²) in [7, 11) is 0. The molecule has 652 valence electrons. The lowest BCUT2D eigenvalue weighted by Crippen LogP contribution is -2.41. The Hall–Kier alpha value is -15.8. The van der Waals surface area contributed by atoms with Gasteiger partial charge >= 0.3 is 0 Å².